The molecular weight excluding hydrogens is 311 g/mol. The number of amides is 2. The first-order valence-electron chi connectivity index (χ1n) is 6.85. The molecule has 1 rings (SSSR count). The van der Waals surface area contributed by atoms with Gasteiger partial charge in [-0.1, -0.05) is 49.5 Å². The smallest absolute Gasteiger partial charge is 0.244 e. The van der Waals surface area contributed by atoms with E-state index in [1.807, 2.05) is 13.8 Å². The van der Waals surface area contributed by atoms with Gasteiger partial charge in [-0.15, -0.1) is 0 Å². The van der Waals surface area contributed by atoms with Crippen molar-refractivity contribution in [3.63, 3.8) is 0 Å². The summed E-state index contributed by atoms with van der Waals surface area (Å²) in [5.41, 5.74) is 0.369. The van der Waals surface area contributed by atoms with Crippen LogP contribution in [0.1, 0.15) is 26.7 Å². The minimum Gasteiger partial charge on any atom is -0.336 e. The molecule has 0 saturated heterocycles. The number of rotatable bonds is 6. The fourth-order valence-electron chi connectivity index (χ4n) is 2.02. The summed E-state index contributed by atoms with van der Waals surface area (Å²) in [6.07, 6.45) is 1.74. The fraction of sp³-hybridized carbons (Fsp3) is 0.467. The molecule has 0 heterocycles. The van der Waals surface area contributed by atoms with Crippen molar-refractivity contribution in [2.45, 2.75) is 26.7 Å². The van der Waals surface area contributed by atoms with Crippen molar-refractivity contribution in [2.24, 2.45) is 5.92 Å². The highest BCUT2D eigenvalue weighted by molar-refractivity contribution is 6.39. The molecule has 0 fully saturated rings. The van der Waals surface area contributed by atoms with Crippen molar-refractivity contribution in [3.8, 4) is 0 Å². The molecule has 1 aromatic rings. The molecule has 0 aliphatic rings. The Morgan fingerprint density at radius 3 is 2.38 bits per heavy atom. The maximum atomic E-state index is 12.0. The monoisotopic (exact) mass is 330 g/mol. The van der Waals surface area contributed by atoms with Gasteiger partial charge in [-0.05, 0) is 18.6 Å². The van der Waals surface area contributed by atoms with Gasteiger partial charge in [0.25, 0.3) is 0 Å². The summed E-state index contributed by atoms with van der Waals surface area (Å²) < 4.78 is 0. The van der Waals surface area contributed by atoms with Crippen LogP contribution >= 0.6 is 23.2 Å². The molecule has 21 heavy (non-hydrogen) atoms. The highest BCUT2D eigenvalue weighted by Gasteiger charge is 2.19. The zero-order chi connectivity index (χ0) is 16.0. The van der Waals surface area contributed by atoms with Gasteiger partial charge in [0.15, 0.2) is 0 Å². The second-order valence-corrected chi connectivity index (χ2v) is 5.84. The summed E-state index contributed by atoms with van der Waals surface area (Å²) >= 11 is 12.0. The third-order valence-corrected chi connectivity index (χ3v) is 3.76. The van der Waals surface area contributed by atoms with Crippen molar-refractivity contribution in [1.82, 2.24) is 4.90 Å². The molecule has 2 amide bonds. The van der Waals surface area contributed by atoms with Crippen molar-refractivity contribution < 1.29 is 9.59 Å². The number of carbonyl (C=O) groups is 2. The predicted octanol–water partition coefficient (Wildman–Crippen LogP) is 3.83. The van der Waals surface area contributed by atoms with E-state index in [2.05, 4.69) is 5.32 Å². The average Bonchev–Trinajstić information content (AvgIpc) is 2.42. The molecular formula is C15H20Cl2N2O2. The van der Waals surface area contributed by atoms with Crippen LogP contribution in [0, 0.1) is 5.92 Å². The number of carbonyl (C=O) groups excluding carboxylic acids is 2. The lowest BCUT2D eigenvalue weighted by Crippen LogP contribution is -2.37. The van der Waals surface area contributed by atoms with Crippen molar-refractivity contribution in [1.29, 1.82) is 0 Å². The van der Waals surface area contributed by atoms with Crippen LogP contribution in [0.15, 0.2) is 18.2 Å². The number of benzene rings is 1. The van der Waals surface area contributed by atoms with Gasteiger partial charge in [-0.25, -0.2) is 0 Å². The molecule has 0 aliphatic carbocycles. The van der Waals surface area contributed by atoms with Crippen LogP contribution in [0.5, 0.6) is 0 Å². The largest absolute Gasteiger partial charge is 0.336 e. The number of hydrogen-bond donors (Lipinski definition) is 1. The molecule has 1 atom stereocenters. The zero-order valence-electron chi connectivity index (χ0n) is 12.5. The van der Waals surface area contributed by atoms with Gasteiger partial charge in [0.1, 0.15) is 0 Å². The topological polar surface area (TPSA) is 49.4 Å². The Hall–Kier alpha value is -1.26. The van der Waals surface area contributed by atoms with Crippen LogP contribution in [-0.2, 0) is 9.59 Å². The van der Waals surface area contributed by atoms with Crippen molar-refractivity contribution in [2.75, 3.05) is 18.9 Å². The molecule has 0 saturated carbocycles. The minimum atomic E-state index is -0.329. The first-order valence-corrected chi connectivity index (χ1v) is 7.61. The highest BCUT2D eigenvalue weighted by Crippen LogP contribution is 2.29. The lowest BCUT2D eigenvalue weighted by Gasteiger charge is -2.21. The van der Waals surface area contributed by atoms with E-state index in [9.17, 15) is 9.59 Å². The zero-order valence-corrected chi connectivity index (χ0v) is 14.0. The SMILES string of the molecule is CCCC(C)C(=O)N(C)CC(=O)Nc1c(Cl)cccc1Cl. The normalized spacial score (nSPS) is 11.9. The van der Waals surface area contributed by atoms with Crippen molar-refractivity contribution >= 4 is 40.7 Å². The Morgan fingerprint density at radius 1 is 1.29 bits per heavy atom. The van der Waals surface area contributed by atoms with Gasteiger partial charge < -0.3 is 10.2 Å². The van der Waals surface area contributed by atoms with Crippen LogP contribution in [0.25, 0.3) is 0 Å². The van der Waals surface area contributed by atoms with E-state index in [0.29, 0.717) is 15.7 Å². The van der Waals surface area contributed by atoms with Crippen LogP contribution in [0.4, 0.5) is 5.69 Å². The molecule has 0 aliphatic heterocycles. The Balaban J connectivity index is 2.63. The quantitative estimate of drug-likeness (QED) is 0.861. The van der Waals surface area contributed by atoms with Crippen LogP contribution in [-0.4, -0.2) is 30.3 Å². The molecule has 116 valence electrons. The van der Waals surface area contributed by atoms with E-state index in [1.165, 1.54) is 4.90 Å². The second kappa shape index (κ2) is 8.25. The highest BCUT2D eigenvalue weighted by atomic mass is 35.5. The van der Waals surface area contributed by atoms with E-state index < -0.39 is 0 Å². The maximum Gasteiger partial charge on any atom is 0.244 e. The number of halogens is 2. The lowest BCUT2D eigenvalue weighted by atomic mass is 10.1. The summed E-state index contributed by atoms with van der Waals surface area (Å²) in [6.45, 7) is 3.86. The lowest BCUT2D eigenvalue weighted by molar-refractivity contribution is -0.136. The summed E-state index contributed by atoms with van der Waals surface area (Å²) in [4.78, 5) is 25.5. The van der Waals surface area contributed by atoms with Gasteiger partial charge in [-0.2, -0.15) is 0 Å². The molecule has 0 spiro atoms. The van der Waals surface area contributed by atoms with E-state index >= 15 is 0 Å². The van der Waals surface area contributed by atoms with Gasteiger partial charge >= 0.3 is 0 Å². The van der Waals surface area contributed by atoms with Gasteiger partial charge in [0.05, 0.1) is 22.3 Å². The van der Waals surface area contributed by atoms with E-state index in [4.69, 9.17) is 23.2 Å². The molecule has 1 N–H and O–H groups in total. The van der Waals surface area contributed by atoms with Crippen LogP contribution < -0.4 is 5.32 Å². The number of likely N-dealkylation sites (N-methyl/N-ethyl adjacent to an activating group) is 1. The minimum absolute atomic E-state index is 0.0333. The molecule has 0 aromatic heterocycles. The Kier molecular flexibility index (Phi) is 6.99. The molecule has 1 aromatic carbocycles. The Morgan fingerprint density at radius 2 is 1.86 bits per heavy atom. The third kappa shape index (κ3) is 5.21. The third-order valence-electron chi connectivity index (χ3n) is 3.13. The summed E-state index contributed by atoms with van der Waals surface area (Å²) in [7, 11) is 1.61. The second-order valence-electron chi connectivity index (χ2n) is 5.03. The number of hydrogen-bond acceptors (Lipinski definition) is 2. The van der Waals surface area contributed by atoms with Crippen molar-refractivity contribution in [3.05, 3.63) is 28.2 Å². The number of anilines is 1. The summed E-state index contributed by atoms with van der Waals surface area (Å²) in [5, 5.41) is 3.37. The average molecular weight is 331 g/mol. The Bertz CT molecular complexity index is 500. The molecule has 4 nitrogen and oxygen atoms in total. The predicted molar refractivity (Wildman–Crippen MR) is 86.8 cm³/mol. The van der Waals surface area contributed by atoms with Gasteiger partial charge in [-0.3, -0.25) is 9.59 Å². The van der Waals surface area contributed by atoms with Crippen LogP contribution in [0.2, 0.25) is 10.0 Å². The van der Waals surface area contributed by atoms with E-state index in [1.54, 1.807) is 25.2 Å². The fourth-order valence-corrected chi connectivity index (χ4v) is 2.51. The Labute approximate surface area is 135 Å². The van der Waals surface area contributed by atoms with E-state index in [0.717, 1.165) is 12.8 Å². The summed E-state index contributed by atoms with van der Waals surface area (Å²) in [6, 6.07) is 4.98. The number of nitrogens with zero attached hydrogens (tertiary/aromatic N) is 1. The van der Waals surface area contributed by atoms with Gasteiger partial charge in [0, 0.05) is 13.0 Å². The molecule has 0 bridgehead atoms. The standard InChI is InChI=1S/C15H20Cl2N2O2/c1-4-6-10(2)15(21)19(3)9-13(20)18-14-11(16)7-5-8-12(14)17/h5,7-8,10H,4,6,9H2,1-3H3,(H,18,20). The molecule has 1 unspecified atom stereocenters. The van der Waals surface area contributed by atoms with Crippen LogP contribution in [0.3, 0.4) is 0 Å². The molecule has 6 heteroatoms. The van der Waals surface area contributed by atoms with Gasteiger partial charge in [0.2, 0.25) is 11.8 Å². The first-order chi connectivity index (χ1) is 9.86. The maximum absolute atomic E-state index is 12.0. The van der Waals surface area contributed by atoms with E-state index in [-0.39, 0.29) is 24.3 Å². The number of nitrogens with one attached hydrogen (secondary N) is 1. The summed E-state index contributed by atoms with van der Waals surface area (Å²) in [5.74, 6) is -0.460. The first kappa shape index (κ1) is 17.8. The number of para-hydroxylation sites is 1. The molecule has 0 radical (unpaired) electrons.